The van der Waals surface area contributed by atoms with Crippen molar-refractivity contribution in [3.05, 3.63) is 83.4 Å². The predicted octanol–water partition coefficient (Wildman–Crippen LogP) is 5.99. The third-order valence-corrected chi connectivity index (χ3v) is 9.33. The van der Waals surface area contributed by atoms with Crippen molar-refractivity contribution in [3.63, 3.8) is 0 Å². The number of hydrogen-bond donors (Lipinski definition) is 1. The van der Waals surface area contributed by atoms with Crippen molar-refractivity contribution in [2.24, 2.45) is 0 Å². The summed E-state index contributed by atoms with van der Waals surface area (Å²) in [6, 6.07) is 19.4. The number of anilines is 1. The molecule has 0 aromatic heterocycles. The van der Waals surface area contributed by atoms with Gasteiger partial charge in [-0.05, 0) is 80.1 Å². The molecule has 0 heterocycles. The Morgan fingerprint density at radius 3 is 2.24 bits per heavy atom. The molecule has 3 rings (SSSR count). The maximum absolute atomic E-state index is 14.2. The van der Waals surface area contributed by atoms with Crippen LogP contribution in [0.2, 0.25) is 5.02 Å². The Hall–Kier alpha value is -3.21. The molecule has 8 nitrogen and oxygen atoms in total. The molecule has 0 fully saturated rings. The third kappa shape index (κ3) is 8.42. The van der Waals surface area contributed by atoms with Crippen LogP contribution < -0.4 is 14.4 Å². The Morgan fingerprint density at radius 1 is 0.976 bits per heavy atom. The second kappa shape index (κ2) is 15.9. The lowest BCUT2D eigenvalue weighted by atomic mass is 10.1. The topological polar surface area (TPSA) is 96.0 Å². The lowest BCUT2D eigenvalue weighted by Crippen LogP contribution is -2.52. The van der Waals surface area contributed by atoms with Gasteiger partial charge in [-0.25, -0.2) is 8.42 Å². The van der Waals surface area contributed by atoms with Crippen molar-refractivity contribution >= 4 is 50.9 Å². The number of nitrogens with one attached hydrogen (secondary N) is 1. The van der Waals surface area contributed by atoms with E-state index in [0.29, 0.717) is 30.3 Å². The molecule has 0 aliphatic heterocycles. The summed E-state index contributed by atoms with van der Waals surface area (Å²) in [5, 5.41) is 3.43. The predicted molar refractivity (Wildman–Crippen MR) is 170 cm³/mol. The maximum atomic E-state index is 14.2. The quantitative estimate of drug-likeness (QED) is 0.207. The van der Waals surface area contributed by atoms with Crippen LogP contribution in [-0.2, 0) is 26.2 Å². The number of thioether (sulfide) groups is 1. The molecule has 1 atom stereocenters. The van der Waals surface area contributed by atoms with Gasteiger partial charge in [0.25, 0.3) is 10.0 Å². The zero-order chi connectivity index (χ0) is 30.7. The van der Waals surface area contributed by atoms with E-state index in [0.717, 1.165) is 21.2 Å². The van der Waals surface area contributed by atoms with E-state index in [-0.39, 0.29) is 23.0 Å². The molecule has 1 unspecified atom stereocenters. The number of ether oxygens (including phenoxy) is 1. The first kappa shape index (κ1) is 33.3. The summed E-state index contributed by atoms with van der Waals surface area (Å²) in [4.78, 5) is 29.8. The Labute approximate surface area is 258 Å². The minimum Gasteiger partial charge on any atom is -0.492 e. The molecule has 0 saturated heterocycles. The number of rotatable bonds is 15. The van der Waals surface area contributed by atoms with Crippen LogP contribution in [0.4, 0.5) is 5.69 Å². The van der Waals surface area contributed by atoms with Crippen LogP contribution in [0.1, 0.15) is 39.2 Å². The highest BCUT2D eigenvalue weighted by Gasteiger charge is 2.34. The molecule has 2 amide bonds. The summed E-state index contributed by atoms with van der Waals surface area (Å²) in [6.07, 6.45) is 2.99. The van der Waals surface area contributed by atoms with Gasteiger partial charge in [0.2, 0.25) is 11.8 Å². The third-order valence-electron chi connectivity index (χ3n) is 6.56. The molecule has 3 aromatic carbocycles. The summed E-state index contributed by atoms with van der Waals surface area (Å²) in [5.74, 6) is -0.494. The van der Waals surface area contributed by atoms with Crippen LogP contribution in [0, 0.1) is 0 Å². The van der Waals surface area contributed by atoms with Gasteiger partial charge in [0.1, 0.15) is 18.3 Å². The van der Waals surface area contributed by atoms with Crippen LogP contribution in [0.3, 0.4) is 0 Å². The Bertz CT molecular complexity index is 1430. The second-order valence-electron chi connectivity index (χ2n) is 9.45. The number of amides is 2. The highest BCUT2D eigenvalue weighted by Crippen LogP contribution is 2.33. The van der Waals surface area contributed by atoms with Crippen LogP contribution in [0.5, 0.6) is 5.75 Å². The molecule has 0 aliphatic carbocycles. The largest absolute Gasteiger partial charge is 0.492 e. The van der Waals surface area contributed by atoms with E-state index < -0.39 is 28.5 Å². The molecule has 0 aliphatic rings. The van der Waals surface area contributed by atoms with Gasteiger partial charge in [-0.15, -0.1) is 11.8 Å². The number of para-hydroxylation sites is 2. The van der Waals surface area contributed by atoms with Crippen LogP contribution in [0.15, 0.2) is 82.6 Å². The highest BCUT2D eigenvalue weighted by atomic mass is 35.5. The number of carbonyl (C=O) groups is 2. The first-order chi connectivity index (χ1) is 20.2. The fraction of sp³-hybridized carbons (Fsp3) is 0.355. The Morgan fingerprint density at radius 2 is 1.64 bits per heavy atom. The van der Waals surface area contributed by atoms with E-state index >= 15 is 0 Å². The van der Waals surface area contributed by atoms with Crippen molar-refractivity contribution in [1.82, 2.24) is 10.2 Å². The van der Waals surface area contributed by atoms with Gasteiger partial charge < -0.3 is 15.0 Å². The van der Waals surface area contributed by atoms with Gasteiger partial charge in [0.05, 0.1) is 17.2 Å². The molecule has 0 spiro atoms. The number of carbonyl (C=O) groups excluding carboxylic acids is 2. The molecule has 226 valence electrons. The molecule has 0 radical (unpaired) electrons. The van der Waals surface area contributed by atoms with Crippen molar-refractivity contribution < 1.29 is 22.7 Å². The SMILES string of the molecule is CCCNC(=O)C(CC)N(Cc1ccc(Cl)cc1)C(=O)CN(c1ccccc1OCC)S(=O)(=O)c1ccc(SC)cc1. The first-order valence-electron chi connectivity index (χ1n) is 13.9. The summed E-state index contributed by atoms with van der Waals surface area (Å²) in [6.45, 7) is 5.90. The summed E-state index contributed by atoms with van der Waals surface area (Å²) in [7, 11) is -4.22. The molecular formula is C31H38ClN3O5S2. The lowest BCUT2D eigenvalue weighted by molar-refractivity contribution is -0.140. The Balaban J connectivity index is 2.10. The zero-order valence-corrected chi connectivity index (χ0v) is 26.8. The normalized spacial score (nSPS) is 11.9. The van der Waals surface area contributed by atoms with E-state index in [1.807, 2.05) is 20.1 Å². The molecule has 11 heteroatoms. The van der Waals surface area contributed by atoms with E-state index in [9.17, 15) is 18.0 Å². The van der Waals surface area contributed by atoms with E-state index in [1.165, 1.54) is 28.8 Å². The average Bonchev–Trinajstić information content (AvgIpc) is 3.00. The van der Waals surface area contributed by atoms with E-state index in [2.05, 4.69) is 5.32 Å². The maximum Gasteiger partial charge on any atom is 0.264 e. The monoisotopic (exact) mass is 631 g/mol. The van der Waals surface area contributed by atoms with E-state index in [4.69, 9.17) is 16.3 Å². The van der Waals surface area contributed by atoms with Gasteiger partial charge in [-0.3, -0.25) is 13.9 Å². The number of sulfonamides is 1. The van der Waals surface area contributed by atoms with Gasteiger partial charge in [0, 0.05) is 23.0 Å². The molecule has 42 heavy (non-hydrogen) atoms. The first-order valence-corrected chi connectivity index (χ1v) is 16.9. The van der Waals surface area contributed by atoms with E-state index in [1.54, 1.807) is 67.6 Å². The molecule has 3 aromatic rings. The van der Waals surface area contributed by atoms with Crippen molar-refractivity contribution in [3.8, 4) is 5.75 Å². The van der Waals surface area contributed by atoms with Crippen molar-refractivity contribution in [2.45, 2.75) is 56.0 Å². The number of benzene rings is 3. The molecule has 0 bridgehead atoms. The van der Waals surface area contributed by atoms with Gasteiger partial charge in [0.15, 0.2) is 0 Å². The smallest absolute Gasteiger partial charge is 0.264 e. The number of halogens is 1. The lowest BCUT2D eigenvalue weighted by Gasteiger charge is -2.33. The zero-order valence-electron chi connectivity index (χ0n) is 24.4. The fourth-order valence-corrected chi connectivity index (χ4v) is 6.36. The van der Waals surface area contributed by atoms with Crippen molar-refractivity contribution in [2.75, 3.05) is 30.3 Å². The van der Waals surface area contributed by atoms with Gasteiger partial charge in [-0.2, -0.15) is 0 Å². The second-order valence-corrected chi connectivity index (χ2v) is 12.6. The summed E-state index contributed by atoms with van der Waals surface area (Å²) in [5.41, 5.74) is 0.989. The fourth-order valence-electron chi connectivity index (χ4n) is 4.40. The highest BCUT2D eigenvalue weighted by molar-refractivity contribution is 7.98. The van der Waals surface area contributed by atoms with Crippen LogP contribution >= 0.6 is 23.4 Å². The van der Waals surface area contributed by atoms with Gasteiger partial charge in [-0.1, -0.05) is 49.7 Å². The number of nitrogens with zero attached hydrogens (tertiary/aromatic N) is 2. The minimum absolute atomic E-state index is 0.0383. The molecule has 1 N–H and O–H groups in total. The van der Waals surface area contributed by atoms with Crippen LogP contribution in [0.25, 0.3) is 0 Å². The standard InChI is InChI=1S/C31H38ClN3O5S2/c1-5-20-33-31(37)27(6-2)34(21-23-12-14-24(32)15-13-23)30(36)22-35(28-10-8-9-11-29(28)40-7-3)42(38,39)26-18-16-25(41-4)17-19-26/h8-19,27H,5-7,20-22H2,1-4H3,(H,33,37). The molecular weight excluding hydrogens is 594 g/mol. The minimum atomic E-state index is -4.22. The van der Waals surface area contributed by atoms with Crippen LogP contribution in [-0.4, -0.2) is 57.1 Å². The van der Waals surface area contributed by atoms with Crippen molar-refractivity contribution in [1.29, 1.82) is 0 Å². The summed E-state index contributed by atoms with van der Waals surface area (Å²) < 4.78 is 35.2. The van der Waals surface area contributed by atoms with Gasteiger partial charge >= 0.3 is 0 Å². The average molecular weight is 632 g/mol. The number of hydrogen-bond acceptors (Lipinski definition) is 6. The summed E-state index contributed by atoms with van der Waals surface area (Å²) >= 11 is 7.58. The Kier molecular flexibility index (Phi) is 12.6. The molecule has 0 saturated carbocycles.